The molecule has 0 aliphatic rings. The molecule has 3 aromatic rings. The Morgan fingerprint density at radius 1 is 0.625 bits per heavy atom. The standard InChI is InChI=1S/C22H20O2/c23-22(24-17-20-9-5-2-6-10-20)21-15-13-19(14-16-21)12-11-18-7-3-1-4-8-18/h1-10,13-16H,11-12,17H2. The molecular formula is C22H20O2. The fourth-order valence-electron chi connectivity index (χ4n) is 2.55. The highest BCUT2D eigenvalue weighted by Gasteiger charge is 2.07. The van der Waals surface area contributed by atoms with Crippen molar-refractivity contribution in [3.05, 3.63) is 107 Å². The van der Waals surface area contributed by atoms with Crippen molar-refractivity contribution in [1.29, 1.82) is 0 Å². The maximum Gasteiger partial charge on any atom is 0.338 e. The van der Waals surface area contributed by atoms with Gasteiger partial charge < -0.3 is 4.74 Å². The number of hydrogen-bond donors (Lipinski definition) is 0. The SMILES string of the molecule is O=C(OCc1ccccc1)c1ccc(CCc2ccccc2)cc1. The lowest BCUT2D eigenvalue weighted by Gasteiger charge is -2.06. The van der Waals surface area contributed by atoms with Gasteiger partial charge in [0.25, 0.3) is 0 Å². The lowest BCUT2D eigenvalue weighted by molar-refractivity contribution is 0.0472. The van der Waals surface area contributed by atoms with Crippen LogP contribution in [0.4, 0.5) is 0 Å². The lowest BCUT2D eigenvalue weighted by Crippen LogP contribution is -2.05. The van der Waals surface area contributed by atoms with E-state index in [1.807, 2.05) is 60.7 Å². The van der Waals surface area contributed by atoms with Crippen LogP contribution in [0.1, 0.15) is 27.0 Å². The van der Waals surface area contributed by atoms with Crippen LogP contribution in [-0.2, 0) is 24.2 Å². The van der Waals surface area contributed by atoms with E-state index in [4.69, 9.17) is 4.74 Å². The highest BCUT2D eigenvalue weighted by molar-refractivity contribution is 5.89. The van der Waals surface area contributed by atoms with Crippen LogP contribution < -0.4 is 0 Å². The Morgan fingerprint density at radius 2 is 1.12 bits per heavy atom. The van der Waals surface area contributed by atoms with Crippen LogP contribution in [0.5, 0.6) is 0 Å². The van der Waals surface area contributed by atoms with Crippen molar-refractivity contribution in [3.63, 3.8) is 0 Å². The maximum absolute atomic E-state index is 12.1. The number of carbonyl (C=O) groups is 1. The molecule has 3 rings (SSSR count). The molecule has 0 atom stereocenters. The fraction of sp³-hybridized carbons (Fsp3) is 0.136. The molecule has 2 nitrogen and oxygen atoms in total. The zero-order chi connectivity index (χ0) is 16.6. The van der Waals surface area contributed by atoms with Gasteiger partial charge in [-0.25, -0.2) is 4.79 Å². The third-order valence-corrected chi connectivity index (χ3v) is 3.95. The summed E-state index contributed by atoms with van der Waals surface area (Å²) in [6.45, 7) is 0.301. The molecule has 0 spiro atoms. The summed E-state index contributed by atoms with van der Waals surface area (Å²) >= 11 is 0. The van der Waals surface area contributed by atoms with Crippen molar-refractivity contribution in [2.45, 2.75) is 19.4 Å². The number of benzene rings is 3. The minimum Gasteiger partial charge on any atom is -0.457 e. The van der Waals surface area contributed by atoms with Crippen molar-refractivity contribution in [2.24, 2.45) is 0 Å². The lowest BCUT2D eigenvalue weighted by atomic mass is 10.0. The molecule has 0 bridgehead atoms. The van der Waals surface area contributed by atoms with Gasteiger partial charge in [-0.1, -0.05) is 72.8 Å². The van der Waals surface area contributed by atoms with Crippen molar-refractivity contribution in [2.75, 3.05) is 0 Å². The minimum absolute atomic E-state index is 0.284. The molecule has 0 unspecified atom stereocenters. The van der Waals surface area contributed by atoms with Gasteiger partial charge in [0.2, 0.25) is 0 Å². The highest BCUT2D eigenvalue weighted by atomic mass is 16.5. The fourth-order valence-corrected chi connectivity index (χ4v) is 2.55. The molecule has 0 aliphatic carbocycles. The van der Waals surface area contributed by atoms with E-state index < -0.39 is 0 Å². The van der Waals surface area contributed by atoms with E-state index in [0.717, 1.165) is 18.4 Å². The number of aryl methyl sites for hydroxylation is 2. The molecule has 0 radical (unpaired) electrons. The van der Waals surface area contributed by atoms with E-state index in [0.29, 0.717) is 12.2 Å². The molecule has 0 aliphatic heterocycles. The van der Waals surface area contributed by atoms with Gasteiger partial charge in [0, 0.05) is 0 Å². The Labute approximate surface area is 142 Å². The van der Waals surface area contributed by atoms with E-state index in [9.17, 15) is 4.79 Å². The van der Waals surface area contributed by atoms with Gasteiger partial charge in [-0.3, -0.25) is 0 Å². The molecule has 0 saturated heterocycles. The predicted molar refractivity (Wildman–Crippen MR) is 95.9 cm³/mol. The molecule has 0 saturated carbocycles. The van der Waals surface area contributed by atoms with Crippen molar-refractivity contribution < 1.29 is 9.53 Å². The number of hydrogen-bond acceptors (Lipinski definition) is 2. The average molecular weight is 316 g/mol. The summed E-state index contributed by atoms with van der Waals surface area (Å²) in [5.74, 6) is -0.284. The molecule has 24 heavy (non-hydrogen) atoms. The third kappa shape index (κ3) is 4.56. The summed E-state index contributed by atoms with van der Waals surface area (Å²) in [5.41, 5.74) is 4.13. The second-order valence-corrected chi connectivity index (χ2v) is 5.74. The van der Waals surface area contributed by atoms with Gasteiger partial charge in [0.05, 0.1) is 5.56 Å². The van der Waals surface area contributed by atoms with E-state index >= 15 is 0 Å². The molecule has 0 aromatic heterocycles. The normalized spacial score (nSPS) is 10.3. The largest absolute Gasteiger partial charge is 0.457 e. The van der Waals surface area contributed by atoms with Crippen LogP contribution in [0.15, 0.2) is 84.9 Å². The van der Waals surface area contributed by atoms with Crippen molar-refractivity contribution >= 4 is 5.97 Å². The summed E-state index contributed by atoms with van der Waals surface area (Å²) in [4.78, 5) is 12.1. The van der Waals surface area contributed by atoms with Gasteiger partial charge in [0.1, 0.15) is 6.61 Å². The molecule has 2 heteroatoms. The summed E-state index contributed by atoms with van der Waals surface area (Å²) in [6.07, 6.45) is 1.96. The number of carbonyl (C=O) groups excluding carboxylic acids is 1. The van der Waals surface area contributed by atoms with Crippen LogP contribution in [-0.4, -0.2) is 5.97 Å². The zero-order valence-electron chi connectivity index (χ0n) is 13.5. The number of esters is 1. The average Bonchev–Trinajstić information content (AvgIpc) is 2.66. The molecule has 3 aromatic carbocycles. The highest BCUT2D eigenvalue weighted by Crippen LogP contribution is 2.11. The minimum atomic E-state index is -0.284. The van der Waals surface area contributed by atoms with Crippen LogP contribution in [0.3, 0.4) is 0 Å². The molecule has 0 amide bonds. The monoisotopic (exact) mass is 316 g/mol. The van der Waals surface area contributed by atoms with E-state index in [-0.39, 0.29) is 5.97 Å². The second-order valence-electron chi connectivity index (χ2n) is 5.74. The van der Waals surface area contributed by atoms with Gasteiger partial charge in [-0.2, -0.15) is 0 Å². The predicted octanol–water partition coefficient (Wildman–Crippen LogP) is 4.83. The van der Waals surface area contributed by atoms with Crippen LogP contribution in [0.25, 0.3) is 0 Å². The van der Waals surface area contributed by atoms with Crippen molar-refractivity contribution in [3.8, 4) is 0 Å². The van der Waals surface area contributed by atoms with E-state index in [2.05, 4.69) is 24.3 Å². The smallest absolute Gasteiger partial charge is 0.338 e. The maximum atomic E-state index is 12.1. The summed E-state index contributed by atoms with van der Waals surface area (Å²) in [5, 5.41) is 0. The van der Waals surface area contributed by atoms with Crippen molar-refractivity contribution in [1.82, 2.24) is 0 Å². The molecule has 120 valence electrons. The number of ether oxygens (including phenoxy) is 1. The topological polar surface area (TPSA) is 26.3 Å². The van der Waals surface area contributed by atoms with E-state index in [1.54, 1.807) is 0 Å². The Hall–Kier alpha value is -2.87. The summed E-state index contributed by atoms with van der Waals surface area (Å²) in [7, 11) is 0. The first-order chi connectivity index (χ1) is 11.8. The van der Waals surface area contributed by atoms with Crippen LogP contribution >= 0.6 is 0 Å². The van der Waals surface area contributed by atoms with Crippen LogP contribution in [0, 0.1) is 0 Å². The molecular weight excluding hydrogens is 296 g/mol. The molecule has 0 heterocycles. The first-order valence-corrected chi connectivity index (χ1v) is 8.15. The second kappa shape index (κ2) is 8.11. The van der Waals surface area contributed by atoms with Gasteiger partial charge in [-0.05, 0) is 41.7 Å². The third-order valence-electron chi connectivity index (χ3n) is 3.95. The Morgan fingerprint density at radius 3 is 1.71 bits per heavy atom. The first-order valence-electron chi connectivity index (χ1n) is 8.15. The Bertz CT molecular complexity index is 762. The summed E-state index contributed by atoms with van der Waals surface area (Å²) in [6, 6.07) is 27.8. The van der Waals surface area contributed by atoms with Crippen LogP contribution in [0.2, 0.25) is 0 Å². The molecule has 0 N–H and O–H groups in total. The Kier molecular flexibility index (Phi) is 5.41. The first kappa shape index (κ1) is 16.0. The van der Waals surface area contributed by atoms with Gasteiger partial charge in [-0.15, -0.1) is 0 Å². The summed E-state index contributed by atoms with van der Waals surface area (Å²) < 4.78 is 5.34. The van der Waals surface area contributed by atoms with E-state index in [1.165, 1.54) is 11.1 Å². The van der Waals surface area contributed by atoms with Gasteiger partial charge >= 0.3 is 5.97 Å². The quantitative estimate of drug-likeness (QED) is 0.609. The Balaban J connectivity index is 1.53. The molecule has 0 fully saturated rings. The van der Waals surface area contributed by atoms with Gasteiger partial charge in [0.15, 0.2) is 0 Å². The number of rotatable bonds is 6. The zero-order valence-corrected chi connectivity index (χ0v) is 13.5.